The molecule has 3 heteroatoms. The van der Waals surface area contributed by atoms with Gasteiger partial charge >= 0.3 is 5.97 Å². The average Bonchev–Trinajstić information content (AvgIpc) is 2.39. The molecule has 1 N–H and O–H groups in total. The largest absolute Gasteiger partial charge is 0.478 e. The predicted molar refractivity (Wildman–Crippen MR) is 75.9 cm³/mol. The van der Waals surface area contributed by atoms with Crippen LogP contribution in [0.1, 0.15) is 22.8 Å². The molecule has 18 heavy (non-hydrogen) atoms. The Morgan fingerprint density at radius 1 is 1.17 bits per heavy atom. The number of aryl methyl sites for hydroxylation is 1. The molecule has 0 fully saturated rings. The van der Waals surface area contributed by atoms with Gasteiger partial charge in [0.05, 0.1) is 5.56 Å². The zero-order valence-corrected chi connectivity index (χ0v) is 11.6. The molecule has 0 aliphatic heterocycles. The van der Waals surface area contributed by atoms with Gasteiger partial charge in [0.15, 0.2) is 0 Å². The Bertz CT molecular complexity index is 574. The molecule has 0 heterocycles. The van der Waals surface area contributed by atoms with Crippen molar-refractivity contribution in [2.45, 2.75) is 13.3 Å². The molecule has 0 radical (unpaired) electrons. The van der Waals surface area contributed by atoms with Crippen LogP contribution in [0.4, 0.5) is 0 Å². The van der Waals surface area contributed by atoms with Crippen molar-refractivity contribution in [3.05, 3.63) is 58.1 Å². The van der Waals surface area contributed by atoms with Gasteiger partial charge < -0.3 is 5.11 Å². The van der Waals surface area contributed by atoms with Crippen LogP contribution in [0.5, 0.6) is 0 Å². The van der Waals surface area contributed by atoms with Crippen molar-refractivity contribution < 1.29 is 9.90 Å². The van der Waals surface area contributed by atoms with Crippen molar-refractivity contribution in [3.8, 4) is 11.1 Å². The predicted octanol–water partition coefficient (Wildman–Crippen LogP) is 4.38. The first-order chi connectivity index (χ1) is 8.61. The SMILES string of the molecule is CCc1ccc(-c2ccc(Br)cc2C(=O)O)cc1. The molecule has 0 aliphatic rings. The third-order valence-electron chi connectivity index (χ3n) is 2.89. The lowest BCUT2D eigenvalue weighted by atomic mass is 9.98. The molecule has 2 aromatic carbocycles. The van der Waals surface area contributed by atoms with Crippen LogP contribution in [0.25, 0.3) is 11.1 Å². The quantitative estimate of drug-likeness (QED) is 0.914. The second-order valence-electron chi connectivity index (χ2n) is 4.05. The van der Waals surface area contributed by atoms with Gasteiger partial charge in [-0.15, -0.1) is 0 Å². The number of rotatable bonds is 3. The molecule has 0 amide bonds. The van der Waals surface area contributed by atoms with E-state index in [0.717, 1.165) is 22.0 Å². The topological polar surface area (TPSA) is 37.3 Å². The highest BCUT2D eigenvalue weighted by Gasteiger charge is 2.11. The Hall–Kier alpha value is -1.61. The van der Waals surface area contributed by atoms with E-state index >= 15 is 0 Å². The Morgan fingerprint density at radius 2 is 1.83 bits per heavy atom. The van der Waals surface area contributed by atoms with Crippen LogP contribution < -0.4 is 0 Å². The Kier molecular flexibility index (Phi) is 3.82. The van der Waals surface area contributed by atoms with E-state index in [9.17, 15) is 9.90 Å². The lowest BCUT2D eigenvalue weighted by Gasteiger charge is -2.07. The number of carboxylic acid groups (broad SMARTS) is 1. The summed E-state index contributed by atoms with van der Waals surface area (Å²) in [5.74, 6) is -0.911. The molecule has 2 nitrogen and oxygen atoms in total. The van der Waals surface area contributed by atoms with Gasteiger partial charge in [-0.25, -0.2) is 4.79 Å². The highest BCUT2D eigenvalue weighted by Crippen LogP contribution is 2.27. The molecule has 0 saturated carbocycles. The molecule has 0 saturated heterocycles. The fourth-order valence-electron chi connectivity index (χ4n) is 1.87. The minimum absolute atomic E-state index is 0.314. The van der Waals surface area contributed by atoms with E-state index in [1.807, 2.05) is 36.4 Å². The minimum Gasteiger partial charge on any atom is -0.478 e. The van der Waals surface area contributed by atoms with Crippen molar-refractivity contribution in [2.24, 2.45) is 0 Å². The number of carbonyl (C=O) groups is 1. The molecule has 92 valence electrons. The van der Waals surface area contributed by atoms with Crippen molar-refractivity contribution in [1.82, 2.24) is 0 Å². The maximum absolute atomic E-state index is 11.2. The maximum atomic E-state index is 11.2. The Morgan fingerprint density at radius 3 is 2.39 bits per heavy atom. The first kappa shape index (κ1) is 12.8. The van der Waals surface area contributed by atoms with Crippen LogP contribution >= 0.6 is 15.9 Å². The normalized spacial score (nSPS) is 10.3. The Labute approximate surface area is 114 Å². The summed E-state index contributed by atoms with van der Waals surface area (Å²) in [5, 5.41) is 9.23. The van der Waals surface area contributed by atoms with Gasteiger partial charge in [-0.3, -0.25) is 0 Å². The van der Waals surface area contributed by atoms with E-state index in [0.29, 0.717) is 5.56 Å². The summed E-state index contributed by atoms with van der Waals surface area (Å²) < 4.78 is 0.772. The zero-order valence-electron chi connectivity index (χ0n) is 9.98. The summed E-state index contributed by atoms with van der Waals surface area (Å²) in [6.45, 7) is 2.09. The highest BCUT2D eigenvalue weighted by molar-refractivity contribution is 9.10. The summed E-state index contributed by atoms with van der Waals surface area (Å²) >= 11 is 3.30. The van der Waals surface area contributed by atoms with Gasteiger partial charge in [0.1, 0.15) is 0 Å². The van der Waals surface area contributed by atoms with E-state index in [1.54, 1.807) is 6.07 Å². The van der Waals surface area contributed by atoms with Gasteiger partial charge in [0.25, 0.3) is 0 Å². The second-order valence-corrected chi connectivity index (χ2v) is 4.96. The minimum atomic E-state index is -0.911. The molecule has 0 bridgehead atoms. The van der Waals surface area contributed by atoms with E-state index < -0.39 is 5.97 Å². The Balaban J connectivity index is 2.52. The van der Waals surface area contributed by atoms with Gasteiger partial charge in [-0.1, -0.05) is 53.2 Å². The molecule has 0 spiro atoms. The van der Waals surface area contributed by atoms with Crippen LogP contribution in [0.15, 0.2) is 46.9 Å². The zero-order chi connectivity index (χ0) is 13.1. The third-order valence-corrected chi connectivity index (χ3v) is 3.38. The molecule has 0 unspecified atom stereocenters. The van der Waals surface area contributed by atoms with Gasteiger partial charge in [0, 0.05) is 4.47 Å². The van der Waals surface area contributed by atoms with Crippen molar-refractivity contribution in [2.75, 3.05) is 0 Å². The summed E-state index contributed by atoms with van der Waals surface area (Å²) in [7, 11) is 0. The van der Waals surface area contributed by atoms with Gasteiger partial charge in [0.2, 0.25) is 0 Å². The van der Waals surface area contributed by atoms with Crippen molar-refractivity contribution in [3.63, 3.8) is 0 Å². The summed E-state index contributed by atoms with van der Waals surface area (Å²) in [6, 6.07) is 13.3. The monoisotopic (exact) mass is 304 g/mol. The average molecular weight is 305 g/mol. The van der Waals surface area contributed by atoms with Crippen molar-refractivity contribution in [1.29, 1.82) is 0 Å². The lowest BCUT2D eigenvalue weighted by Crippen LogP contribution is -1.99. The highest BCUT2D eigenvalue weighted by atomic mass is 79.9. The standard InChI is InChI=1S/C15H13BrO2/c1-2-10-3-5-11(6-4-10)13-8-7-12(16)9-14(13)15(17)18/h3-9H,2H2,1H3,(H,17,18). The molecule has 2 aromatic rings. The van der Waals surface area contributed by atoms with Crippen LogP contribution in [-0.2, 0) is 6.42 Å². The first-order valence-corrected chi connectivity index (χ1v) is 6.53. The van der Waals surface area contributed by atoms with Crippen LogP contribution in [0.2, 0.25) is 0 Å². The van der Waals surface area contributed by atoms with E-state index in [2.05, 4.69) is 22.9 Å². The lowest BCUT2D eigenvalue weighted by molar-refractivity contribution is 0.0697. The first-order valence-electron chi connectivity index (χ1n) is 5.74. The summed E-state index contributed by atoms with van der Waals surface area (Å²) in [6.07, 6.45) is 0.979. The molecule has 0 atom stereocenters. The molecule has 0 aromatic heterocycles. The summed E-state index contributed by atoms with van der Waals surface area (Å²) in [5.41, 5.74) is 3.23. The van der Waals surface area contributed by atoms with Crippen molar-refractivity contribution >= 4 is 21.9 Å². The van der Waals surface area contributed by atoms with Gasteiger partial charge in [-0.2, -0.15) is 0 Å². The molecule has 2 rings (SSSR count). The van der Waals surface area contributed by atoms with Crippen LogP contribution in [0.3, 0.4) is 0 Å². The number of hydrogen-bond acceptors (Lipinski definition) is 1. The maximum Gasteiger partial charge on any atom is 0.336 e. The number of aromatic carboxylic acids is 1. The fraction of sp³-hybridized carbons (Fsp3) is 0.133. The number of hydrogen-bond donors (Lipinski definition) is 1. The van der Waals surface area contributed by atoms with Crippen LogP contribution in [-0.4, -0.2) is 11.1 Å². The van der Waals surface area contributed by atoms with E-state index in [-0.39, 0.29) is 0 Å². The molecule has 0 aliphatic carbocycles. The summed E-state index contributed by atoms with van der Waals surface area (Å²) in [4.78, 5) is 11.2. The van der Waals surface area contributed by atoms with E-state index in [4.69, 9.17) is 0 Å². The van der Waals surface area contributed by atoms with Crippen LogP contribution in [0, 0.1) is 0 Å². The second kappa shape index (κ2) is 5.36. The molecular formula is C15H13BrO2. The third kappa shape index (κ3) is 2.62. The smallest absolute Gasteiger partial charge is 0.336 e. The van der Waals surface area contributed by atoms with E-state index in [1.165, 1.54) is 5.56 Å². The van der Waals surface area contributed by atoms with Gasteiger partial charge in [-0.05, 0) is 35.2 Å². The fourth-order valence-corrected chi connectivity index (χ4v) is 2.23. The molecular weight excluding hydrogens is 292 g/mol. The number of benzene rings is 2. The number of halogens is 1. The number of carboxylic acids is 1.